The number of rotatable bonds is 3. The smallest absolute Gasteiger partial charge is 0.253 e. The highest BCUT2D eigenvalue weighted by Gasteiger charge is 2.10. The van der Waals surface area contributed by atoms with Crippen LogP contribution in [0.2, 0.25) is 0 Å². The molecule has 0 saturated carbocycles. The number of carbonyl (C=O) groups is 1. The van der Waals surface area contributed by atoms with E-state index in [1.165, 1.54) is 12.1 Å². The maximum Gasteiger partial charge on any atom is 0.253 e. The molecule has 19 heavy (non-hydrogen) atoms. The molecule has 0 heterocycles. The molecule has 1 amide bonds. The van der Waals surface area contributed by atoms with E-state index in [0.29, 0.717) is 6.54 Å². The number of nitrogen functional groups attached to an aromatic ring is 1. The van der Waals surface area contributed by atoms with Crippen molar-refractivity contribution in [1.82, 2.24) is 5.32 Å². The summed E-state index contributed by atoms with van der Waals surface area (Å²) in [5.74, 6) is -0.784. The molecule has 2 aromatic rings. The first-order valence-corrected chi connectivity index (χ1v) is 6.44. The van der Waals surface area contributed by atoms with Crippen molar-refractivity contribution in [3.05, 3.63) is 63.9 Å². The number of anilines is 1. The largest absolute Gasteiger partial charge is 0.398 e. The molecule has 3 N–H and O–H groups in total. The topological polar surface area (TPSA) is 55.1 Å². The van der Waals surface area contributed by atoms with E-state index in [1.807, 2.05) is 24.3 Å². The predicted octanol–water partition coefficient (Wildman–Crippen LogP) is 3.10. The van der Waals surface area contributed by atoms with Gasteiger partial charge in [-0.3, -0.25) is 4.79 Å². The van der Waals surface area contributed by atoms with Crippen molar-refractivity contribution in [2.45, 2.75) is 6.54 Å². The Morgan fingerprint density at radius 1 is 1.26 bits per heavy atom. The van der Waals surface area contributed by atoms with Gasteiger partial charge < -0.3 is 11.1 Å². The van der Waals surface area contributed by atoms with E-state index in [4.69, 9.17) is 5.73 Å². The molecule has 2 rings (SSSR count). The van der Waals surface area contributed by atoms with E-state index >= 15 is 0 Å². The second kappa shape index (κ2) is 5.84. The molecule has 0 aliphatic heterocycles. The molecule has 2 aromatic carbocycles. The monoisotopic (exact) mass is 322 g/mol. The van der Waals surface area contributed by atoms with Crippen molar-refractivity contribution >= 4 is 27.5 Å². The van der Waals surface area contributed by atoms with Crippen LogP contribution in [0.5, 0.6) is 0 Å². The zero-order valence-corrected chi connectivity index (χ0v) is 11.6. The standard InChI is InChI=1S/C14H12BrFN2O/c15-12-4-2-1-3-9(12)8-18-14(19)11-6-5-10(16)7-13(11)17/h1-7H,8,17H2,(H,18,19). The van der Waals surface area contributed by atoms with E-state index in [2.05, 4.69) is 21.2 Å². The summed E-state index contributed by atoms with van der Waals surface area (Å²) in [7, 11) is 0. The number of carbonyl (C=O) groups excluding carboxylic acids is 1. The number of nitrogens with two attached hydrogens (primary N) is 1. The van der Waals surface area contributed by atoms with E-state index in [0.717, 1.165) is 16.1 Å². The van der Waals surface area contributed by atoms with Crippen LogP contribution in [0.1, 0.15) is 15.9 Å². The van der Waals surface area contributed by atoms with Gasteiger partial charge in [0.1, 0.15) is 5.82 Å². The molecular formula is C14H12BrFN2O. The minimum absolute atomic E-state index is 0.129. The predicted molar refractivity (Wildman–Crippen MR) is 76.1 cm³/mol. The molecule has 0 aliphatic carbocycles. The molecule has 98 valence electrons. The van der Waals surface area contributed by atoms with Crippen molar-refractivity contribution in [3.63, 3.8) is 0 Å². The number of benzene rings is 2. The average Bonchev–Trinajstić information content (AvgIpc) is 2.37. The lowest BCUT2D eigenvalue weighted by molar-refractivity contribution is 0.0951. The molecule has 0 bridgehead atoms. The van der Waals surface area contributed by atoms with Crippen LogP contribution in [0.25, 0.3) is 0 Å². The summed E-state index contributed by atoms with van der Waals surface area (Å²) in [6.45, 7) is 0.372. The Morgan fingerprint density at radius 3 is 2.68 bits per heavy atom. The van der Waals surface area contributed by atoms with Crippen LogP contribution in [0.3, 0.4) is 0 Å². The normalized spacial score (nSPS) is 10.2. The number of hydrogen-bond acceptors (Lipinski definition) is 2. The van der Waals surface area contributed by atoms with Gasteiger partial charge in [0.25, 0.3) is 5.91 Å². The van der Waals surface area contributed by atoms with Gasteiger partial charge in [-0.05, 0) is 29.8 Å². The lowest BCUT2D eigenvalue weighted by Crippen LogP contribution is -2.24. The summed E-state index contributed by atoms with van der Waals surface area (Å²) in [5, 5.41) is 2.74. The molecule has 0 radical (unpaired) electrons. The quantitative estimate of drug-likeness (QED) is 0.853. The van der Waals surface area contributed by atoms with Crippen LogP contribution in [-0.4, -0.2) is 5.91 Å². The maximum absolute atomic E-state index is 12.9. The van der Waals surface area contributed by atoms with Crippen LogP contribution in [0.4, 0.5) is 10.1 Å². The van der Waals surface area contributed by atoms with E-state index < -0.39 is 5.82 Å². The molecule has 3 nitrogen and oxygen atoms in total. The lowest BCUT2D eigenvalue weighted by Gasteiger charge is -2.08. The molecule has 0 atom stereocenters. The average molecular weight is 323 g/mol. The molecule has 0 aliphatic rings. The molecule has 0 unspecified atom stereocenters. The summed E-state index contributed by atoms with van der Waals surface area (Å²) < 4.78 is 13.8. The van der Waals surface area contributed by atoms with E-state index in [1.54, 1.807) is 0 Å². The van der Waals surface area contributed by atoms with Crippen LogP contribution in [-0.2, 0) is 6.54 Å². The van der Waals surface area contributed by atoms with Gasteiger partial charge in [0.05, 0.1) is 5.56 Å². The summed E-state index contributed by atoms with van der Waals surface area (Å²) in [5.41, 5.74) is 6.97. The summed E-state index contributed by atoms with van der Waals surface area (Å²) in [6, 6.07) is 11.3. The molecule has 0 spiro atoms. The van der Waals surface area contributed by atoms with Crippen LogP contribution < -0.4 is 11.1 Å². The van der Waals surface area contributed by atoms with Crippen LogP contribution >= 0.6 is 15.9 Å². The third-order valence-electron chi connectivity index (χ3n) is 2.66. The van der Waals surface area contributed by atoms with E-state index in [-0.39, 0.29) is 17.2 Å². The minimum atomic E-state index is -0.458. The fraction of sp³-hybridized carbons (Fsp3) is 0.0714. The number of nitrogens with one attached hydrogen (secondary N) is 1. The highest BCUT2D eigenvalue weighted by molar-refractivity contribution is 9.10. The molecule has 0 saturated heterocycles. The Morgan fingerprint density at radius 2 is 2.00 bits per heavy atom. The second-order valence-corrected chi connectivity index (χ2v) is 4.86. The first-order chi connectivity index (χ1) is 9.08. The summed E-state index contributed by atoms with van der Waals surface area (Å²) in [4.78, 5) is 11.9. The summed E-state index contributed by atoms with van der Waals surface area (Å²) in [6.07, 6.45) is 0. The minimum Gasteiger partial charge on any atom is -0.398 e. The van der Waals surface area contributed by atoms with Crippen molar-refractivity contribution in [2.24, 2.45) is 0 Å². The Balaban J connectivity index is 2.08. The highest BCUT2D eigenvalue weighted by Crippen LogP contribution is 2.17. The Labute approximate surface area is 118 Å². The Bertz CT molecular complexity index is 616. The zero-order chi connectivity index (χ0) is 13.8. The number of amides is 1. The van der Waals surface area contributed by atoms with Crippen molar-refractivity contribution in [2.75, 3.05) is 5.73 Å². The van der Waals surface area contributed by atoms with Crippen molar-refractivity contribution in [1.29, 1.82) is 0 Å². The van der Waals surface area contributed by atoms with Gasteiger partial charge in [0, 0.05) is 16.7 Å². The third kappa shape index (κ3) is 3.32. The van der Waals surface area contributed by atoms with Crippen LogP contribution in [0, 0.1) is 5.82 Å². The molecular weight excluding hydrogens is 311 g/mol. The lowest BCUT2D eigenvalue weighted by atomic mass is 10.1. The van der Waals surface area contributed by atoms with Gasteiger partial charge in [0.15, 0.2) is 0 Å². The van der Waals surface area contributed by atoms with Gasteiger partial charge in [-0.1, -0.05) is 34.1 Å². The molecule has 0 fully saturated rings. The fourth-order valence-electron chi connectivity index (χ4n) is 1.65. The van der Waals surface area contributed by atoms with Gasteiger partial charge >= 0.3 is 0 Å². The molecule has 5 heteroatoms. The van der Waals surface area contributed by atoms with Crippen LogP contribution in [0.15, 0.2) is 46.9 Å². The van der Waals surface area contributed by atoms with Crippen molar-refractivity contribution in [3.8, 4) is 0 Å². The number of halogens is 2. The first kappa shape index (κ1) is 13.5. The van der Waals surface area contributed by atoms with Gasteiger partial charge in [0.2, 0.25) is 0 Å². The SMILES string of the molecule is Nc1cc(F)ccc1C(=O)NCc1ccccc1Br. The van der Waals surface area contributed by atoms with Gasteiger partial charge in [-0.15, -0.1) is 0 Å². The van der Waals surface area contributed by atoms with E-state index in [9.17, 15) is 9.18 Å². The first-order valence-electron chi connectivity index (χ1n) is 5.64. The third-order valence-corrected chi connectivity index (χ3v) is 3.43. The Kier molecular flexibility index (Phi) is 4.16. The molecule has 0 aromatic heterocycles. The summed E-state index contributed by atoms with van der Waals surface area (Å²) >= 11 is 3.40. The van der Waals surface area contributed by atoms with Gasteiger partial charge in [-0.2, -0.15) is 0 Å². The van der Waals surface area contributed by atoms with Gasteiger partial charge in [-0.25, -0.2) is 4.39 Å². The highest BCUT2D eigenvalue weighted by atomic mass is 79.9. The fourth-order valence-corrected chi connectivity index (χ4v) is 2.08. The number of hydrogen-bond donors (Lipinski definition) is 2. The Hall–Kier alpha value is -1.88. The van der Waals surface area contributed by atoms with Crippen molar-refractivity contribution < 1.29 is 9.18 Å². The zero-order valence-electron chi connectivity index (χ0n) is 9.99. The maximum atomic E-state index is 12.9. The second-order valence-electron chi connectivity index (χ2n) is 4.01.